The topological polar surface area (TPSA) is 29.5 Å². The maximum Gasteiger partial charge on any atom is 0.150 e. The molecule has 0 unspecified atom stereocenters. The number of benzene rings is 1. The van der Waals surface area contributed by atoms with E-state index in [0.717, 1.165) is 55.8 Å². The maximum atomic E-state index is 11.2. The summed E-state index contributed by atoms with van der Waals surface area (Å²) in [7, 11) is 0. The third-order valence-electron chi connectivity index (χ3n) is 3.79. The maximum absolute atomic E-state index is 11.2. The van der Waals surface area contributed by atoms with Crippen molar-refractivity contribution in [2.45, 2.75) is 27.3 Å². The number of carbonyl (C=O) groups excluding carboxylic acids is 1. The molecule has 18 heavy (non-hydrogen) atoms. The van der Waals surface area contributed by atoms with Crippen molar-refractivity contribution >= 4 is 6.29 Å². The van der Waals surface area contributed by atoms with Crippen LogP contribution in [0.15, 0.2) is 6.07 Å². The number of nitrogens with zero attached hydrogens (tertiary/aromatic N) is 1. The lowest BCUT2D eigenvalue weighted by Gasteiger charge is -2.28. The van der Waals surface area contributed by atoms with Crippen LogP contribution in [0, 0.1) is 20.8 Å². The monoisotopic (exact) mass is 247 g/mol. The van der Waals surface area contributed by atoms with Gasteiger partial charge >= 0.3 is 0 Å². The van der Waals surface area contributed by atoms with E-state index >= 15 is 0 Å². The fourth-order valence-corrected chi connectivity index (χ4v) is 2.65. The number of morpholine rings is 1. The van der Waals surface area contributed by atoms with Gasteiger partial charge in [0.05, 0.1) is 13.2 Å². The van der Waals surface area contributed by atoms with Crippen molar-refractivity contribution in [1.82, 2.24) is 4.90 Å². The minimum Gasteiger partial charge on any atom is -0.379 e. The Labute approximate surface area is 109 Å². The van der Waals surface area contributed by atoms with Gasteiger partial charge in [-0.25, -0.2) is 0 Å². The Kier molecular flexibility index (Phi) is 4.15. The second kappa shape index (κ2) is 5.63. The highest BCUT2D eigenvalue weighted by molar-refractivity contribution is 5.80. The first kappa shape index (κ1) is 13.2. The summed E-state index contributed by atoms with van der Waals surface area (Å²) in [6.07, 6.45) is 0.979. The second-order valence-corrected chi connectivity index (χ2v) is 5.03. The molecule has 3 nitrogen and oxygen atoms in total. The van der Waals surface area contributed by atoms with Gasteiger partial charge in [0.1, 0.15) is 0 Å². The normalized spacial score (nSPS) is 16.8. The highest BCUT2D eigenvalue weighted by Crippen LogP contribution is 2.22. The van der Waals surface area contributed by atoms with Crippen LogP contribution in [0.5, 0.6) is 0 Å². The van der Waals surface area contributed by atoms with Crippen LogP contribution in [-0.4, -0.2) is 37.5 Å². The van der Waals surface area contributed by atoms with E-state index in [9.17, 15) is 4.79 Å². The van der Waals surface area contributed by atoms with Crippen LogP contribution in [0.1, 0.15) is 32.6 Å². The summed E-state index contributed by atoms with van der Waals surface area (Å²) in [5.74, 6) is 0. The second-order valence-electron chi connectivity index (χ2n) is 5.03. The van der Waals surface area contributed by atoms with E-state index in [1.807, 2.05) is 6.92 Å². The lowest BCUT2D eigenvalue weighted by atomic mass is 9.93. The van der Waals surface area contributed by atoms with E-state index in [4.69, 9.17) is 4.74 Å². The van der Waals surface area contributed by atoms with Gasteiger partial charge in [0.2, 0.25) is 0 Å². The first-order chi connectivity index (χ1) is 8.63. The molecule has 1 fully saturated rings. The van der Waals surface area contributed by atoms with Crippen LogP contribution in [0.3, 0.4) is 0 Å². The highest BCUT2D eigenvalue weighted by atomic mass is 16.5. The zero-order valence-corrected chi connectivity index (χ0v) is 11.5. The molecule has 1 heterocycles. The molecule has 2 rings (SSSR count). The Hall–Kier alpha value is -1.19. The molecule has 0 amide bonds. The van der Waals surface area contributed by atoms with E-state index in [1.54, 1.807) is 0 Å². The van der Waals surface area contributed by atoms with E-state index in [2.05, 4.69) is 24.8 Å². The van der Waals surface area contributed by atoms with E-state index < -0.39 is 0 Å². The molecule has 1 aliphatic rings. The number of ether oxygens (including phenoxy) is 1. The molecule has 0 saturated carbocycles. The number of hydrogen-bond acceptors (Lipinski definition) is 3. The van der Waals surface area contributed by atoms with E-state index in [1.165, 1.54) is 11.1 Å². The molecule has 0 bridgehead atoms. The molecule has 0 spiro atoms. The fourth-order valence-electron chi connectivity index (χ4n) is 2.65. The number of aryl methyl sites for hydroxylation is 2. The summed E-state index contributed by atoms with van der Waals surface area (Å²) >= 11 is 0. The predicted molar refractivity (Wildman–Crippen MR) is 72.1 cm³/mol. The number of carbonyl (C=O) groups is 1. The van der Waals surface area contributed by atoms with Gasteiger partial charge < -0.3 is 4.74 Å². The van der Waals surface area contributed by atoms with Crippen molar-refractivity contribution in [3.63, 3.8) is 0 Å². The van der Waals surface area contributed by atoms with Gasteiger partial charge in [0, 0.05) is 25.2 Å². The molecule has 1 saturated heterocycles. The van der Waals surface area contributed by atoms with Crippen molar-refractivity contribution in [3.05, 3.63) is 33.9 Å². The Balaban J connectivity index is 2.28. The molecule has 0 N–H and O–H groups in total. The molecule has 1 aromatic carbocycles. The highest BCUT2D eigenvalue weighted by Gasteiger charge is 2.15. The molecule has 0 aliphatic carbocycles. The Morgan fingerprint density at radius 2 is 1.89 bits per heavy atom. The predicted octanol–water partition coefficient (Wildman–Crippen LogP) is 2.26. The van der Waals surface area contributed by atoms with Gasteiger partial charge in [-0.1, -0.05) is 6.07 Å². The molecule has 1 aromatic rings. The fraction of sp³-hybridized carbons (Fsp3) is 0.533. The zero-order chi connectivity index (χ0) is 13.1. The Morgan fingerprint density at radius 1 is 1.22 bits per heavy atom. The molecule has 0 radical (unpaired) electrons. The van der Waals surface area contributed by atoms with Gasteiger partial charge in [0.25, 0.3) is 0 Å². The third kappa shape index (κ3) is 2.62. The lowest BCUT2D eigenvalue weighted by Crippen LogP contribution is -2.36. The molecule has 3 heteroatoms. The zero-order valence-electron chi connectivity index (χ0n) is 11.5. The molecular formula is C15H21NO2. The van der Waals surface area contributed by atoms with Gasteiger partial charge in [-0.05, 0) is 43.0 Å². The van der Waals surface area contributed by atoms with Crippen molar-refractivity contribution < 1.29 is 9.53 Å². The molecule has 98 valence electrons. The SMILES string of the molecule is Cc1cc(C)c(CN2CCOCC2)c(C)c1C=O. The van der Waals surface area contributed by atoms with Crippen LogP contribution in [0.25, 0.3) is 0 Å². The number of hydrogen-bond donors (Lipinski definition) is 0. The van der Waals surface area contributed by atoms with Crippen LogP contribution in [-0.2, 0) is 11.3 Å². The average molecular weight is 247 g/mol. The van der Waals surface area contributed by atoms with Crippen molar-refractivity contribution in [1.29, 1.82) is 0 Å². The smallest absolute Gasteiger partial charge is 0.150 e. The van der Waals surface area contributed by atoms with Crippen molar-refractivity contribution in [2.24, 2.45) is 0 Å². The molecular weight excluding hydrogens is 226 g/mol. The Morgan fingerprint density at radius 3 is 2.50 bits per heavy atom. The van der Waals surface area contributed by atoms with Crippen LogP contribution in [0.4, 0.5) is 0 Å². The quantitative estimate of drug-likeness (QED) is 0.767. The average Bonchev–Trinajstić information content (AvgIpc) is 2.36. The minimum atomic E-state index is 0.810. The van der Waals surface area contributed by atoms with Crippen molar-refractivity contribution in [3.8, 4) is 0 Å². The molecule has 1 aliphatic heterocycles. The summed E-state index contributed by atoms with van der Waals surface area (Å²) in [5, 5.41) is 0. The lowest BCUT2D eigenvalue weighted by molar-refractivity contribution is 0.0340. The standard InChI is InChI=1S/C15H21NO2/c1-11-8-12(2)15(10-17)13(3)14(11)9-16-4-6-18-7-5-16/h8,10H,4-7,9H2,1-3H3. The van der Waals surface area contributed by atoms with E-state index in [-0.39, 0.29) is 0 Å². The van der Waals surface area contributed by atoms with E-state index in [0.29, 0.717) is 0 Å². The minimum absolute atomic E-state index is 0.810. The van der Waals surface area contributed by atoms with Gasteiger partial charge in [-0.2, -0.15) is 0 Å². The van der Waals surface area contributed by atoms with Crippen LogP contribution >= 0.6 is 0 Å². The first-order valence-electron chi connectivity index (χ1n) is 6.48. The van der Waals surface area contributed by atoms with Gasteiger partial charge in [-0.15, -0.1) is 0 Å². The Bertz CT molecular complexity index is 448. The summed E-state index contributed by atoms with van der Waals surface area (Å²) < 4.78 is 5.36. The first-order valence-corrected chi connectivity index (χ1v) is 6.48. The number of rotatable bonds is 3. The van der Waals surface area contributed by atoms with Gasteiger partial charge in [-0.3, -0.25) is 9.69 Å². The third-order valence-corrected chi connectivity index (χ3v) is 3.79. The molecule has 0 atom stereocenters. The number of aldehydes is 1. The van der Waals surface area contributed by atoms with Crippen molar-refractivity contribution in [2.75, 3.05) is 26.3 Å². The summed E-state index contributed by atoms with van der Waals surface area (Å²) in [6, 6.07) is 2.12. The largest absolute Gasteiger partial charge is 0.379 e. The summed E-state index contributed by atoms with van der Waals surface area (Å²) in [6.45, 7) is 10.7. The summed E-state index contributed by atoms with van der Waals surface area (Å²) in [5.41, 5.74) is 5.63. The van der Waals surface area contributed by atoms with Crippen LogP contribution < -0.4 is 0 Å². The van der Waals surface area contributed by atoms with Gasteiger partial charge in [0.15, 0.2) is 6.29 Å². The van der Waals surface area contributed by atoms with Crippen LogP contribution in [0.2, 0.25) is 0 Å². The summed E-state index contributed by atoms with van der Waals surface area (Å²) in [4.78, 5) is 13.6. The molecule has 0 aromatic heterocycles.